The number of halogens is 2. The predicted molar refractivity (Wildman–Crippen MR) is 109 cm³/mol. The molecule has 0 saturated heterocycles. The smallest absolute Gasteiger partial charge is 0.264 e. The minimum atomic E-state index is -0.689. The Labute approximate surface area is 175 Å². The number of nitrogens with one attached hydrogen (secondary N) is 2. The molecule has 4 N–H and O–H groups in total. The van der Waals surface area contributed by atoms with Gasteiger partial charge >= 0.3 is 0 Å². The van der Waals surface area contributed by atoms with Gasteiger partial charge in [0.15, 0.2) is 23.3 Å². The monoisotopic (exact) mass is 431 g/mol. The number of benzene rings is 2. The van der Waals surface area contributed by atoms with Crippen molar-refractivity contribution in [2.75, 3.05) is 17.7 Å². The summed E-state index contributed by atoms with van der Waals surface area (Å²) in [5.41, 5.74) is 5.81. The molecule has 2 aromatic carbocycles. The van der Waals surface area contributed by atoms with Crippen LogP contribution in [0.25, 0.3) is 0 Å². The SMILES string of the molecule is Nc1cc(Oc2ccc(NC(=S)NC(=O)COc3ccc(F)cc3)cc2F)ncn1. The van der Waals surface area contributed by atoms with Gasteiger partial charge in [-0.25, -0.2) is 18.7 Å². The number of amides is 1. The highest BCUT2D eigenvalue weighted by molar-refractivity contribution is 7.80. The molecule has 11 heteroatoms. The maximum atomic E-state index is 14.3. The number of nitrogen functional groups attached to an aromatic ring is 1. The molecule has 0 aliphatic carbocycles. The highest BCUT2D eigenvalue weighted by Gasteiger charge is 2.10. The molecule has 0 aliphatic heterocycles. The highest BCUT2D eigenvalue weighted by Crippen LogP contribution is 2.26. The topological polar surface area (TPSA) is 111 Å². The molecule has 1 heterocycles. The number of hydrogen-bond donors (Lipinski definition) is 3. The van der Waals surface area contributed by atoms with Gasteiger partial charge in [0, 0.05) is 17.8 Å². The van der Waals surface area contributed by atoms with Crippen molar-refractivity contribution in [3.63, 3.8) is 0 Å². The highest BCUT2D eigenvalue weighted by atomic mass is 32.1. The lowest BCUT2D eigenvalue weighted by atomic mass is 10.3. The van der Waals surface area contributed by atoms with Crippen molar-refractivity contribution in [3.05, 3.63) is 66.5 Å². The Morgan fingerprint density at radius 2 is 1.87 bits per heavy atom. The standard InChI is InChI=1S/C19H15F2N5O3S/c20-11-1-4-13(5-2-11)28-9-17(27)26-19(30)25-12-3-6-15(14(21)7-12)29-18-8-16(22)23-10-24-18/h1-8,10H,9H2,(H2,22,23,24)(H2,25,26,27,30). The van der Waals surface area contributed by atoms with Crippen LogP contribution in [0.15, 0.2) is 54.9 Å². The lowest BCUT2D eigenvalue weighted by Crippen LogP contribution is -2.37. The van der Waals surface area contributed by atoms with E-state index in [2.05, 4.69) is 20.6 Å². The van der Waals surface area contributed by atoms with E-state index in [0.717, 1.165) is 6.07 Å². The lowest BCUT2D eigenvalue weighted by molar-refractivity contribution is -0.121. The summed E-state index contributed by atoms with van der Waals surface area (Å²) in [6.45, 7) is -0.337. The van der Waals surface area contributed by atoms with E-state index in [-0.39, 0.29) is 34.9 Å². The first-order valence-corrected chi connectivity index (χ1v) is 8.84. The molecule has 3 aromatic rings. The molecule has 1 amide bonds. The molecule has 3 rings (SSSR count). The average Bonchev–Trinajstić information content (AvgIpc) is 2.69. The Balaban J connectivity index is 1.51. The maximum Gasteiger partial charge on any atom is 0.264 e. The third-order valence-corrected chi connectivity index (χ3v) is 3.71. The van der Waals surface area contributed by atoms with Crippen LogP contribution in [0.2, 0.25) is 0 Å². The van der Waals surface area contributed by atoms with Crippen LogP contribution in [0, 0.1) is 11.6 Å². The fourth-order valence-corrected chi connectivity index (χ4v) is 2.42. The molecule has 0 unspecified atom stereocenters. The van der Waals surface area contributed by atoms with Gasteiger partial charge < -0.3 is 20.5 Å². The van der Waals surface area contributed by atoms with Crippen LogP contribution < -0.4 is 25.8 Å². The summed E-state index contributed by atoms with van der Waals surface area (Å²) in [6, 6.07) is 10.5. The molecule has 0 atom stereocenters. The zero-order chi connectivity index (χ0) is 21.5. The molecule has 0 saturated carbocycles. The van der Waals surface area contributed by atoms with Crippen molar-refractivity contribution in [1.82, 2.24) is 15.3 Å². The number of nitrogens with two attached hydrogens (primary N) is 1. The van der Waals surface area contributed by atoms with E-state index in [9.17, 15) is 13.6 Å². The molecule has 8 nitrogen and oxygen atoms in total. The van der Waals surface area contributed by atoms with Gasteiger partial charge in [-0.05, 0) is 48.6 Å². The van der Waals surface area contributed by atoms with Crippen molar-refractivity contribution >= 4 is 34.7 Å². The van der Waals surface area contributed by atoms with Crippen LogP contribution in [0.5, 0.6) is 17.4 Å². The number of nitrogens with zero attached hydrogens (tertiary/aromatic N) is 2. The minimum absolute atomic E-state index is 0.0562. The molecular formula is C19H15F2N5O3S. The fourth-order valence-electron chi connectivity index (χ4n) is 2.19. The van der Waals surface area contributed by atoms with E-state index in [4.69, 9.17) is 27.4 Å². The van der Waals surface area contributed by atoms with E-state index in [1.807, 2.05) is 0 Å². The van der Waals surface area contributed by atoms with Gasteiger partial charge in [-0.2, -0.15) is 0 Å². The number of carbonyl (C=O) groups is 1. The molecule has 0 radical (unpaired) electrons. The molecule has 1 aromatic heterocycles. The van der Waals surface area contributed by atoms with E-state index in [1.54, 1.807) is 0 Å². The quantitative estimate of drug-likeness (QED) is 0.511. The Kier molecular flexibility index (Phi) is 6.65. The van der Waals surface area contributed by atoms with Gasteiger partial charge in [-0.3, -0.25) is 10.1 Å². The van der Waals surface area contributed by atoms with Crippen LogP contribution in [0.4, 0.5) is 20.3 Å². The van der Waals surface area contributed by atoms with Crippen molar-refractivity contribution in [3.8, 4) is 17.4 Å². The fraction of sp³-hybridized carbons (Fsp3) is 0.0526. The average molecular weight is 431 g/mol. The number of carbonyl (C=O) groups excluding carboxylic acids is 1. The third kappa shape index (κ3) is 6.07. The zero-order valence-corrected chi connectivity index (χ0v) is 16.1. The first kappa shape index (κ1) is 20.9. The summed E-state index contributed by atoms with van der Waals surface area (Å²) in [6.07, 6.45) is 1.19. The van der Waals surface area contributed by atoms with Gasteiger partial charge in [0.2, 0.25) is 5.88 Å². The van der Waals surface area contributed by atoms with Crippen LogP contribution in [-0.2, 0) is 4.79 Å². The van der Waals surface area contributed by atoms with E-state index in [1.165, 1.54) is 48.8 Å². The molecule has 0 bridgehead atoms. The molecule has 0 aliphatic rings. The van der Waals surface area contributed by atoms with Crippen LogP contribution in [0.1, 0.15) is 0 Å². The van der Waals surface area contributed by atoms with E-state index >= 15 is 0 Å². The Morgan fingerprint density at radius 3 is 2.57 bits per heavy atom. The van der Waals surface area contributed by atoms with Crippen molar-refractivity contribution in [2.45, 2.75) is 0 Å². The number of hydrogen-bond acceptors (Lipinski definition) is 7. The number of thiocarbonyl (C=S) groups is 1. The second kappa shape index (κ2) is 9.56. The molecular weight excluding hydrogens is 416 g/mol. The molecule has 154 valence electrons. The summed E-state index contributed by atoms with van der Waals surface area (Å²) in [5.74, 6) is -1.13. The van der Waals surface area contributed by atoms with Gasteiger partial charge in [0.25, 0.3) is 5.91 Å². The first-order valence-electron chi connectivity index (χ1n) is 8.43. The lowest BCUT2D eigenvalue weighted by Gasteiger charge is -2.12. The van der Waals surface area contributed by atoms with Gasteiger partial charge in [-0.1, -0.05) is 0 Å². The Bertz CT molecular complexity index is 1070. The summed E-state index contributed by atoms with van der Waals surface area (Å²) < 4.78 is 37.6. The summed E-state index contributed by atoms with van der Waals surface area (Å²) in [7, 11) is 0. The van der Waals surface area contributed by atoms with E-state index < -0.39 is 17.5 Å². The first-order chi connectivity index (χ1) is 14.4. The normalized spacial score (nSPS) is 10.2. The summed E-state index contributed by atoms with van der Waals surface area (Å²) in [5, 5.41) is 5.00. The van der Waals surface area contributed by atoms with Crippen molar-refractivity contribution in [2.24, 2.45) is 0 Å². The van der Waals surface area contributed by atoms with Crippen molar-refractivity contribution < 1.29 is 23.0 Å². The number of rotatable bonds is 6. The number of ether oxygens (including phenoxy) is 2. The van der Waals surface area contributed by atoms with E-state index in [0.29, 0.717) is 5.75 Å². The Hall–Kier alpha value is -3.86. The molecule has 0 spiro atoms. The Morgan fingerprint density at radius 1 is 1.10 bits per heavy atom. The van der Waals surface area contributed by atoms with Gasteiger partial charge in [0.05, 0.1) is 0 Å². The van der Waals surface area contributed by atoms with Crippen LogP contribution in [-0.4, -0.2) is 27.6 Å². The largest absolute Gasteiger partial charge is 0.484 e. The second-order valence-electron chi connectivity index (χ2n) is 5.77. The number of anilines is 2. The molecule has 0 fully saturated rings. The summed E-state index contributed by atoms with van der Waals surface area (Å²) in [4.78, 5) is 19.4. The van der Waals surface area contributed by atoms with Crippen LogP contribution >= 0.6 is 12.2 Å². The maximum absolute atomic E-state index is 14.3. The van der Waals surface area contributed by atoms with Crippen LogP contribution in [0.3, 0.4) is 0 Å². The third-order valence-electron chi connectivity index (χ3n) is 3.50. The predicted octanol–water partition coefficient (Wildman–Crippen LogP) is 3.02. The van der Waals surface area contributed by atoms with Gasteiger partial charge in [0.1, 0.15) is 23.7 Å². The molecule has 30 heavy (non-hydrogen) atoms. The van der Waals surface area contributed by atoms with Crippen molar-refractivity contribution in [1.29, 1.82) is 0 Å². The zero-order valence-electron chi connectivity index (χ0n) is 15.3. The number of aromatic nitrogens is 2. The van der Waals surface area contributed by atoms with Gasteiger partial charge in [-0.15, -0.1) is 0 Å². The second-order valence-corrected chi connectivity index (χ2v) is 6.18. The summed E-state index contributed by atoms with van der Waals surface area (Å²) >= 11 is 5.02. The minimum Gasteiger partial charge on any atom is -0.484 e.